The minimum atomic E-state index is -1.16. The predicted octanol–water partition coefficient (Wildman–Crippen LogP) is 1.67. The zero-order valence-corrected chi connectivity index (χ0v) is 23.8. The lowest BCUT2D eigenvalue weighted by Crippen LogP contribution is -2.52. The number of rotatable bonds is 11. The summed E-state index contributed by atoms with van der Waals surface area (Å²) in [7, 11) is 0. The summed E-state index contributed by atoms with van der Waals surface area (Å²) in [5, 5.41) is 26.9. The Bertz CT molecular complexity index is 1280. The molecule has 0 bridgehead atoms. The van der Waals surface area contributed by atoms with Crippen molar-refractivity contribution in [3.8, 4) is 0 Å². The summed E-state index contributed by atoms with van der Waals surface area (Å²) >= 11 is 0. The number of aliphatic hydroxyl groups excluding tert-OH is 1. The number of hydrogen-bond donors (Lipinski definition) is 4. The zero-order chi connectivity index (χ0) is 27.2. The Labute approximate surface area is 234 Å². The molecule has 3 aromatic rings. The molecule has 214 valence electrons. The van der Waals surface area contributed by atoms with E-state index >= 15 is 0 Å². The van der Waals surface area contributed by atoms with Gasteiger partial charge in [-0.05, 0) is 50.8 Å². The number of morpholine rings is 1. The number of aryl methyl sites for hydroxylation is 1. The summed E-state index contributed by atoms with van der Waals surface area (Å²) in [6.45, 7) is 11.3. The molecule has 3 heterocycles. The van der Waals surface area contributed by atoms with Gasteiger partial charge in [-0.15, -0.1) is 22.6 Å². The number of anilines is 2. The van der Waals surface area contributed by atoms with Gasteiger partial charge in [0.05, 0.1) is 24.2 Å². The summed E-state index contributed by atoms with van der Waals surface area (Å²) in [5.41, 5.74) is 3.61. The van der Waals surface area contributed by atoms with Gasteiger partial charge < -0.3 is 30.7 Å². The first kappa shape index (κ1) is 30.3. The van der Waals surface area contributed by atoms with E-state index in [-0.39, 0.29) is 24.2 Å². The highest BCUT2D eigenvalue weighted by molar-refractivity contribution is 5.89. The maximum absolute atomic E-state index is 12.6. The van der Waals surface area contributed by atoms with E-state index in [4.69, 9.17) is 9.72 Å². The third-order valence-electron chi connectivity index (χ3n) is 6.67. The number of benzene rings is 1. The van der Waals surface area contributed by atoms with Gasteiger partial charge in [0.15, 0.2) is 5.82 Å². The second-order valence-corrected chi connectivity index (χ2v) is 9.97. The van der Waals surface area contributed by atoms with Crippen molar-refractivity contribution in [3.63, 3.8) is 0 Å². The van der Waals surface area contributed by atoms with E-state index in [2.05, 4.69) is 49.2 Å². The molecule has 0 spiro atoms. The van der Waals surface area contributed by atoms with Gasteiger partial charge in [-0.2, -0.15) is 0 Å². The monoisotopic (exact) mass is 562 g/mol. The Balaban J connectivity index is 0.00000420. The molecule has 2 amide bonds. The predicted molar refractivity (Wildman–Crippen MR) is 152 cm³/mol. The van der Waals surface area contributed by atoms with E-state index in [0.717, 1.165) is 61.7 Å². The van der Waals surface area contributed by atoms with Crippen molar-refractivity contribution in [2.24, 2.45) is 5.92 Å². The van der Waals surface area contributed by atoms with Gasteiger partial charge in [0.2, 0.25) is 17.5 Å². The first-order valence-electron chi connectivity index (χ1n) is 13.2. The fraction of sp³-hybridized carbons (Fsp3) is 0.577. The molecule has 2 aromatic heterocycles. The van der Waals surface area contributed by atoms with Crippen LogP contribution in [0.1, 0.15) is 39.4 Å². The van der Waals surface area contributed by atoms with Crippen LogP contribution < -0.4 is 20.9 Å². The average molecular weight is 563 g/mol. The molecule has 39 heavy (non-hydrogen) atoms. The van der Waals surface area contributed by atoms with Crippen LogP contribution in [0.25, 0.3) is 16.7 Å². The number of nitrogens with one attached hydrogen (secondary N) is 3. The van der Waals surface area contributed by atoms with E-state index in [1.165, 1.54) is 6.92 Å². The second-order valence-electron chi connectivity index (χ2n) is 9.97. The van der Waals surface area contributed by atoms with Crippen molar-refractivity contribution in [2.75, 3.05) is 49.6 Å². The third kappa shape index (κ3) is 7.25. The number of carbonyl (C=O) groups excluding carboxylic acids is 2. The molecule has 12 nitrogen and oxygen atoms in total. The first-order chi connectivity index (χ1) is 18.3. The molecule has 4 rings (SSSR count). The molecule has 0 radical (unpaired) electrons. The fourth-order valence-corrected chi connectivity index (χ4v) is 4.49. The molecule has 13 heteroatoms. The summed E-state index contributed by atoms with van der Waals surface area (Å²) in [4.78, 5) is 31.5. The van der Waals surface area contributed by atoms with E-state index in [0.29, 0.717) is 24.6 Å². The summed E-state index contributed by atoms with van der Waals surface area (Å²) in [6.07, 6.45) is 0.370. The van der Waals surface area contributed by atoms with Gasteiger partial charge in [-0.3, -0.25) is 14.0 Å². The number of amides is 2. The number of carbonyl (C=O) groups is 2. The highest BCUT2D eigenvalue weighted by atomic mass is 35.5. The van der Waals surface area contributed by atoms with E-state index in [1.54, 1.807) is 0 Å². The van der Waals surface area contributed by atoms with E-state index in [1.807, 2.05) is 25.2 Å². The summed E-state index contributed by atoms with van der Waals surface area (Å²) in [5.74, 6) is 0.547. The number of unbranched alkanes of at least 4 members (excludes halogenated alkanes) is 1. The van der Waals surface area contributed by atoms with Crippen molar-refractivity contribution < 1.29 is 19.4 Å². The highest BCUT2D eigenvalue weighted by Gasteiger charge is 2.25. The van der Waals surface area contributed by atoms with Crippen molar-refractivity contribution in [3.05, 3.63) is 24.0 Å². The minimum Gasteiger partial charge on any atom is -0.384 e. The molecule has 1 aliphatic heterocycles. The molecule has 1 fully saturated rings. The van der Waals surface area contributed by atoms with Crippen molar-refractivity contribution >= 4 is 52.4 Å². The molecular weight excluding hydrogens is 524 g/mol. The number of fused-ring (bicyclic) bond motifs is 3. The van der Waals surface area contributed by atoms with Crippen LogP contribution in [0.5, 0.6) is 0 Å². The summed E-state index contributed by atoms with van der Waals surface area (Å²) < 4.78 is 7.50. The van der Waals surface area contributed by atoms with E-state index < -0.39 is 18.1 Å². The normalized spacial score (nSPS) is 15.2. The number of nitrogens with zero attached hydrogens (tertiary/aromatic N) is 5. The standard InChI is InChI=1S/C26H38N8O4.ClH/c1-16(2)22(30-25(36)17(3)35)26(37)28-10-6-5-9-27-23-24-32-31-18(4)34(24)21-8-7-19(15-20(21)29-23)33-11-13-38-14-12-33;/h7-8,15-17,22,35H,5-6,9-14H2,1-4H3,(H,27,29)(H,28,37)(H,30,36);1H/t17?,22-;/m0./s1. The van der Waals surface area contributed by atoms with Crippen LogP contribution in [0.15, 0.2) is 18.2 Å². The van der Waals surface area contributed by atoms with E-state index in [9.17, 15) is 14.7 Å². The van der Waals surface area contributed by atoms with Gasteiger partial charge in [0.1, 0.15) is 18.0 Å². The zero-order valence-electron chi connectivity index (χ0n) is 22.9. The Hall–Kier alpha value is -3.22. The molecular formula is C26H39ClN8O4. The third-order valence-corrected chi connectivity index (χ3v) is 6.67. The summed E-state index contributed by atoms with van der Waals surface area (Å²) in [6, 6.07) is 5.58. The smallest absolute Gasteiger partial charge is 0.249 e. The Morgan fingerprint density at radius 3 is 2.49 bits per heavy atom. The van der Waals surface area contributed by atoms with Gasteiger partial charge in [0, 0.05) is 31.9 Å². The van der Waals surface area contributed by atoms with Crippen LogP contribution in [0.3, 0.4) is 0 Å². The van der Waals surface area contributed by atoms with Crippen LogP contribution in [0.4, 0.5) is 11.5 Å². The first-order valence-corrected chi connectivity index (χ1v) is 13.2. The van der Waals surface area contributed by atoms with Crippen LogP contribution in [-0.2, 0) is 14.3 Å². The molecule has 1 aromatic carbocycles. The van der Waals surface area contributed by atoms with Gasteiger partial charge >= 0.3 is 0 Å². The lowest BCUT2D eigenvalue weighted by molar-refractivity contribution is -0.134. The number of halogens is 1. The van der Waals surface area contributed by atoms with Crippen LogP contribution in [0.2, 0.25) is 0 Å². The quantitative estimate of drug-likeness (QED) is 0.256. The molecule has 0 aliphatic carbocycles. The lowest BCUT2D eigenvalue weighted by atomic mass is 10.0. The molecule has 1 saturated heterocycles. The SMILES string of the molecule is Cc1nnc2c(NCCCCNC(=O)[C@@H](NC(=O)C(C)O)C(C)C)nc3cc(N4CCOCC4)ccc3n12.Cl. The number of aromatic nitrogens is 4. The largest absolute Gasteiger partial charge is 0.384 e. The van der Waals surface area contributed by atoms with Gasteiger partial charge in [0.25, 0.3) is 0 Å². The van der Waals surface area contributed by atoms with Crippen LogP contribution >= 0.6 is 12.4 Å². The molecule has 0 saturated carbocycles. The Kier molecular flexibility index (Phi) is 10.7. The van der Waals surface area contributed by atoms with Crippen molar-refractivity contribution in [1.82, 2.24) is 30.2 Å². The second kappa shape index (κ2) is 13.7. The maximum atomic E-state index is 12.6. The number of ether oxygens (including phenoxy) is 1. The van der Waals surface area contributed by atoms with Crippen molar-refractivity contribution in [2.45, 2.75) is 52.7 Å². The fourth-order valence-electron chi connectivity index (χ4n) is 4.49. The van der Waals surface area contributed by atoms with Gasteiger partial charge in [-0.1, -0.05) is 13.8 Å². The van der Waals surface area contributed by atoms with Crippen LogP contribution in [-0.4, -0.2) is 88.0 Å². The molecule has 1 unspecified atom stereocenters. The Morgan fingerprint density at radius 2 is 1.79 bits per heavy atom. The average Bonchev–Trinajstić information content (AvgIpc) is 3.30. The minimum absolute atomic E-state index is 0. The van der Waals surface area contributed by atoms with Crippen molar-refractivity contribution in [1.29, 1.82) is 0 Å². The maximum Gasteiger partial charge on any atom is 0.249 e. The van der Waals surface area contributed by atoms with Gasteiger partial charge in [-0.25, -0.2) is 4.98 Å². The molecule has 2 atom stereocenters. The molecule has 4 N–H and O–H groups in total. The number of aliphatic hydroxyl groups is 1. The highest BCUT2D eigenvalue weighted by Crippen LogP contribution is 2.26. The number of hydrogen-bond acceptors (Lipinski definition) is 9. The Morgan fingerprint density at radius 1 is 1.08 bits per heavy atom. The molecule has 1 aliphatic rings. The van der Waals surface area contributed by atoms with Crippen LogP contribution in [0, 0.1) is 12.8 Å². The topological polar surface area (TPSA) is 146 Å². The lowest BCUT2D eigenvalue weighted by Gasteiger charge is -2.29.